The molecule has 0 aliphatic heterocycles. The second-order valence-corrected chi connectivity index (χ2v) is 3.78. The highest BCUT2D eigenvalue weighted by molar-refractivity contribution is 5.92. The minimum absolute atomic E-state index is 0.0129. The van der Waals surface area contributed by atoms with Gasteiger partial charge in [0, 0.05) is 18.5 Å². The molecule has 2 amide bonds. The second-order valence-electron chi connectivity index (χ2n) is 3.78. The second kappa shape index (κ2) is 5.30. The Balaban J connectivity index is 2.68. The normalized spacial score (nSPS) is 11.9. The quantitative estimate of drug-likeness (QED) is 0.784. The van der Waals surface area contributed by atoms with Crippen LogP contribution in [0.3, 0.4) is 0 Å². The molecule has 0 radical (unpaired) electrons. The van der Waals surface area contributed by atoms with Gasteiger partial charge in [0.25, 0.3) is 0 Å². The number of hydrogen-bond donors (Lipinski definition) is 2. The fraction of sp³-hybridized carbons (Fsp3) is 0.333. The third-order valence-electron chi connectivity index (χ3n) is 2.47. The lowest BCUT2D eigenvalue weighted by Gasteiger charge is -2.09. The third kappa shape index (κ3) is 3.08. The minimum Gasteiger partial charge on any atom is -0.366 e. The Morgan fingerprint density at radius 2 is 1.88 bits per heavy atom. The summed E-state index contributed by atoms with van der Waals surface area (Å²) in [6.07, 6.45) is 0.652. The smallest absolute Gasteiger partial charge is 0.248 e. The molecule has 0 heterocycles. The molecule has 3 N–H and O–H groups in total. The van der Waals surface area contributed by atoms with Crippen LogP contribution in [0.15, 0.2) is 24.3 Å². The minimum atomic E-state index is -0.439. The summed E-state index contributed by atoms with van der Waals surface area (Å²) >= 11 is 0. The molecule has 0 aromatic heterocycles. The van der Waals surface area contributed by atoms with Crippen LogP contribution in [-0.4, -0.2) is 18.9 Å². The van der Waals surface area contributed by atoms with Crippen LogP contribution in [0.1, 0.15) is 22.8 Å². The van der Waals surface area contributed by atoms with Crippen LogP contribution in [0.2, 0.25) is 0 Å². The van der Waals surface area contributed by atoms with Gasteiger partial charge in [0.05, 0.1) is 0 Å². The van der Waals surface area contributed by atoms with E-state index in [1.165, 1.54) is 0 Å². The largest absolute Gasteiger partial charge is 0.366 e. The van der Waals surface area contributed by atoms with Crippen molar-refractivity contribution in [1.29, 1.82) is 0 Å². The van der Waals surface area contributed by atoms with Gasteiger partial charge in [-0.3, -0.25) is 9.59 Å². The molecule has 1 rings (SSSR count). The molecule has 0 bridgehead atoms. The molecule has 0 fully saturated rings. The fourth-order valence-corrected chi connectivity index (χ4v) is 1.50. The van der Waals surface area contributed by atoms with Gasteiger partial charge >= 0.3 is 0 Å². The zero-order valence-corrected chi connectivity index (χ0v) is 9.49. The maximum atomic E-state index is 11.3. The summed E-state index contributed by atoms with van der Waals surface area (Å²) in [6, 6.07) is 6.99. The Labute approximate surface area is 94.8 Å². The Morgan fingerprint density at radius 1 is 1.31 bits per heavy atom. The molecule has 0 saturated heterocycles. The van der Waals surface area contributed by atoms with Crippen molar-refractivity contribution in [2.75, 3.05) is 7.05 Å². The van der Waals surface area contributed by atoms with Crippen molar-refractivity contribution in [3.05, 3.63) is 35.4 Å². The predicted octanol–water partition coefficient (Wildman–Crippen LogP) is 0.710. The van der Waals surface area contributed by atoms with Gasteiger partial charge in [0.1, 0.15) is 0 Å². The summed E-state index contributed by atoms with van der Waals surface area (Å²) in [6.45, 7) is 1.86. The average Bonchev–Trinajstić information content (AvgIpc) is 2.28. The van der Waals surface area contributed by atoms with Crippen LogP contribution in [0.25, 0.3) is 0 Å². The maximum absolute atomic E-state index is 11.3. The van der Waals surface area contributed by atoms with Crippen LogP contribution in [-0.2, 0) is 11.2 Å². The van der Waals surface area contributed by atoms with Gasteiger partial charge in [-0.25, -0.2) is 0 Å². The van der Waals surface area contributed by atoms with Crippen LogP contribution in [0, 0.1) is 5.92 Å². The highest BCUT2D eigenvalue weighted by atomic mass is 16.2. The number of hydrogen-bond acceptors (Lipinski definition) is 2. The number of rotatable bonds is 4. The predicted molar refractivity (Wildman–Crippen MR) is 61.9 cm³/mol. The van der Waals surface area contributed by atoms with E-state index in [1.54, 1.807) is 19.2 Å². The first-order chi connectivity index (χ1) is 7.54. The number of carbonyl (C=O) groups excluding carboxylic acids is 2. The van der Waals surface area contributed by atoms with Gasteiger partial charge < -0.3 is 11.1 Å². The monoisotopic (exact) mass is 220 g/mol. The molecule has 4 nitrogen and oxygen atoms in total. The van der Waals surface area contributed by atoms with Crippen LogP contribution < -0.4 is 11.1 Å². The van der Waals surface area contributed by atoms with E-state index in [0.717, 1.165) is 5.56 Å². The lowest BCUT2D eigenvalue weighted by Crippen LogP contribution is -2.26. The number of carbonyl (C=O) groups is 2. The van der Waals surface area contributed by atoms with Crippen LogP contribution in [0.4, 0.5) is 0 Å². The lowest BCUT2D eigenvalue weighted by atomic mass is 9.99. The first-order valence-electron chi connectivity index (χ1n) is 5.15. The van der Waals surface area contributed by atoms with Crippen LogP contribution in [0.5, 0.6) is 0 Å². The Hall–Kier alpha value is -1.84. The Morgan fingerprint density at radius 3 is 2.31 bits per heavy atom. The number of nitrogens with two attached hydrogens (primary N) is 1. The number of primary amides is 1. The number of benzene rings is 1. The van der Waals surface area contributed by atoms with Gasteiger partial charge in [-0.1, -0.05) is 19.1 Å². The average molecular weight is 220 g/mol. The summed E-state index contributed by atoms with van der Waals surface area (Å²) in [4.78, 5) is 22.2. The lowest BCUT2D eigenvalue weighted by molar-refractivity contribution is -0.123. The van der Waals surface area contributed by atoms with Crippen molar-refractivity contribution < 1.29 is 9.59 Å². The molecule has 1 aromatic carbocycles. The fourth-order valence-electron chi connectivity index (χ4n) is 1.50. The molecular weight excluding hydrogens is 204 g/mol. The highest BCUT2D eigenvalue weighted by Gasteiger charge is 2.11. The molecule has 0 aliphatic rings. The molecule has 4 heteroatoms. The standard InChI is InChI=1S/C12H16N2O2/c1-8(12(16)14-2)7-9-3-5-10(6-4-9)11(13)15/h3-6,8H,7H2,1-2H3,(H2,13,15)(H,14,16). The highest BCUT2D eigenvalue weighted by Crippen LogP contribution is 2.10. The van der Waals surface area contributed by atoms with Gasteiger partial charge in [-0.05, 0) is 24.1 Å². The summed E-state index contributed by atoms with van der Waals surface area (Å²) in [7, 11) is 1.62. The van der Waals surface area contributed by atoms with Crippen molar-refractivity contribution in [1.82, 2.24) is 5.32 Å². The van der Waals surface area contributed by atoms with Crippen LogP contribution >= 0.6 is 0 Å². The maximum Gasteiger partial charge on any atom is 0.248 e. The molecule has 16 heavy (non-hydrogen) atoms. The van der Waals surface area contributed by atoms with Gasteiger partial charge in [-0.2, -0.15) is 0 Å². The molecule has 1 aromatic rings. The SMILES string of the molecule is CNC(=O)C(C)Cc1ccc(C(N)=O)cc1. The zero-order chi connectivity index (χ0) is 12.1. The topological polar surface area (TPSA) is 72.2 Å². The van der Waals surface area contributed by atoms with Crippen molar-refractivity contribution in [3.63, 3.8) is 0 Å². The van der Waals surface area contributed by atoms with Crippen molar-refractivity contribution in [3.8, 4) is 0 Å². The van der Waals surface area contributed by atoms with E-state index in [0.29, 0.717) is 12.0 Å². The van der Waals surface area contributed by atoms with E-state index in [9.17, 15) is 9.59 Å². The number of amides is 2. The third-order valence-corrected chi connectivity index (χ3v) is 2.47. The molecule has 0 aliphatic carbocycles. The van der Waals surface area contributed by atoms with Gasteiger partial charge in [0.2, 0.25) is 11.8 Å². The van der Waals surface area contributed by atoms with Crippen molar-refractivity contribution in [2.24, 2.45) is 11.7 Å². The Kier molecular flexibility index (Phi) is 4.05. The first kappa shape index (κ1) is 12.2. The number of nitrogens with one attached hydrogen (secondary N) is 1. The van der Waals surface area contributed by atoms with Gasteiger partial charge in [-0.15, -0.1) is 0 Å². The summed E-state index contributed by atoms with van der Waals surface area (Å²) in [5, 5.41) is 2.60. The van der Waals surface area contributed by atoms with E-state index < -0.39 is 5.91 Å². The molecule has 0 spiro atoms. The summed E-state index contributed by atoms with van der Waals surface area (Å²) in [5.74, 6) is -0.505. The van der Waals surface area contributed by atoms with E-state index in [4.69, 9.17) is 5.73 Å². The molecule has 0 saturated carbocycles. The van der Waals surface area contributed by atoms with E-state index >= 15 is 0 Å². The van der Waals surface area contributed by atoms with Crippen molar-refractivity contribution >= 4 is 11.8 Å². The van der Waals surface area contributed by atoms with E-state index in [-0.39, 0.29) is 11.8 Å². The van der Waals surface area contributed by atoms with Gasteiger partial charge in [0.15, 0.2) is 0 Å². The molecule has 86 valence electrons. The first-order valence-corrected chi connectivity index (χ1v) is 5.15. The van der Waals surface area contributed by atoms with E-state index in [2.05, 4.69) is 5.32 Å². The Bertz CT molecular complexity index is 385. The summed E-state index contributed by atoms with van der Waals surface area (Å²) in [5.41, 5.74) is 6.63. The molecular formula is C12H16N2O2. The molecule has 1 atom stereocenters. The molecule has 1 unspecified atom stereocenters. The zero-order valence-electron chi connectivity index (χ0n) is 9.49. The summed E-state index contributed by atoms with van der Waals surface area (Å²) < 4.78 is 0. The van der Waals surface area contributed by atoms with Crippen molar-refractivity contribution in [2.45, 2.75) is 13.3 Å². The van der Waals surface area contributed by atoms with E-state index in [1.807, 2.05) is 19.1 Å².